The smallest absolute Gasteiger partial charge is 0.295 e. The van der Waals surface area contributed by atoms with Crippen molar-refractivity contribution in [2.45, 2.75) is 38.8 Å². The van der Waals surface area contributed by atoms with Crippen LogP contribution in [0.15, 0.2) is 30.6 Å². The third-order valence-electron chi connectivity index (χ3n) is 5.60. The first-order chi connectivity index (χ1) is 16.5. The molecule has 1 atom stereocenters. The number of hydrogen-bond donors (Lipinski definition) is 1. The molecule has 12 heteroatoms. The Bertz CT molecular complexity index is 1330. The summed E-state index contributed by atoms with van der Waals surface area (Å²) in [5.41, 5.74) is 2.13. The van der Waals surface area contributed by atoms with Crippen LogP contribution in [-0.2, 0) is 4.74 Å². The Hall–Kier alpha value is -3.31. The van der Waals surface area contributed by atoms with Crippen molar-refractivity contribution in [3.63, 3.8) is 0 Å². The molecule has 4 aromatic rings. The zero-order chi connectivity index (χ0) is 23.8. The van der Waals surface area contributed by atoms with Gasteiger partial charge in [-0.2, -0.15) is 5.10 Å². The molecule has 1 aliphatic rings. The van der Waals surface area contributed by atoms with Crippen LogP contribution >= 0.6 is 11.6 Å². The normalized spacial score (nSPS) is 16.4. The van der Waals surface area contributed by atoms with Gasteiger partial charge in [0, 0.05) is 12.7 Å². The first-order valence-electron chi connectivity index (χ1n) is 10.8. The van der Waals surface area contributed by atoms with Gasteiger partial charge in [0.2, 0.25) is 0 Å². The van der Waals surface area contributed by atoms with Gasteiger partial charge in [-0.3, -0.25) is 4.57 Å². The summed E-state index contributed by atoms with van der Waals surface area (Å²) in [6.07, 6.45) is 0.545. The molecule has 3 aromatic heterocycles. The zero-order valence-corrected chi connectivity index (χ0v) is 19.3. The van der Waals surface area contributed by atoms with Crippen LogP contribution in [0.1, 0.15) is 43.6 Å². The highest BCUT2D eigenvalue weighted by molar-refractivity contribution is 6.30. The topological polar surface area (TPSA) is 91.9 Å². The lowest BCUT2D eigenvalue weighted by Gasteiger charge is -2.25. The van der Waals surface area contributed by atoms with E-state index in [1.165, 1.54) is 11.7 Å². The standard InChI is InChI=1S/C22H22ClF2N7O2/c1-12-26-11-31(30-12)15-7-5-6-13(19(15)33-2)27-14-10-16(23)28-21-18(14)29-22(20(24)25)32(21)17-8-3-4-9-34-17/h5-7,10-11,17,20H,3-4,8-9H2,1-2H3,(H,27,28). The number of benzene rings is 1. The largest absolute Gasteiger partial charge is 0.492 e. The van der Waals surface area contributed by atoms with E-state index in [4.69, 9.17) is 21.1 Å². The number of hydrogen-bond acceptors (Lipinski definition) is 7. The lowest BCUT2D eigenvalue weighted by atomic mass is 10.2. The van der Waals surface area contributed by atoms with E-state index < -0.39 is 18.5 Å². The molecule has 178 valence electrons. The fraction of sp³-hybridized carbons (Fsp3) is 0.364. The van der Waals surface area contributed by atoms with Crippen LogP contribution in [0.25, 0.3) is 16.9 Å². The van der Waals surface area contributed by atoms with Crippen molar-refractivity contribution >= 4 is 34.1 Å². The molecule has 4 heterocycles. The van der Waals surface area contributed by atoms with Gasteiger partial charge in [0.25, 0.3) is 6.43 Å². The molecule has 0 saturated carbocycles. The van der Waals surface area contributed by atoms with E-state index in [1.807, 2.05) is 12.1 Å². The number of imidazole rings is 1. The van der Waals surface area contributed by atoms with Crippen LogP contribution in [0.2, 0.25) is 5.15 Å². The minimum atomic E-state index is -2.81. The molecule has 1 fully saturated rings. The molecule has 0 radical (unpaired) electrons. The second kappa shape index (κ2) is 9.15. The van der Waals surface area contributed by atoms with Gasteiger partial charge in [-0.05, 0) is 38.3 Å². The Morgan fingerprint density at radius 3 is 2.76 bits per heavy atom. The van der Waals surface area contributed by atoms with Gasteiger partial charge in [0.15, 0.2) is 17.2 Å². The summed E-state index contributed by atoms with van der Waals surface area (Å²) in [4.78, 5) is 12.7. The number of nitrogens with zero attached hydrogens (tertiary/aromatic N) is 6. The monoisotopic (exact) mass is 489 g/mol. The summed E-state index contributed by atoms with van der Waals surface area (Å²) < 4.78 is 42.4. The average Bonchev–Trinajstić information content (AvgIpc) is 3.43. The lowest BCUT2D eigenvalue weighted by molar-refractivity contribution is -0.0363. The van der Waals surface area contributed by atoms with Gasteiger partial charge in [-0.1, -0.05) is 17.7 Å². The third-order valence-corrected chi connectivity index (χ3v) is 5.80. The van der Waals surface area contributed by atoms with E-state index in [9.17, 15) is 8.78 Å². The maximum Gasteiger partial charge on any atom is 0.295 e. The molecule has 1 aromatic carbocycles. The van der Waals surface area contributed by atoms with Gasteiger partial charge in [-0.15, -0.1) is 0 Å². The van der Waals surface area contributed by atoms with E-state index in [1.54, 1.807) is 30.1 Å². The Kier molecular flexibility index (Phi) is 6.05. The second-order valence-corrected chi connectivity index (χ2v) is 8.23. The fourth-order valence-electron chi connectivity index (χ4n) is 4.14. The van der Waals surface area contributed by atoms with E-state index in [0.29, 0.717) is 41.7 Å². The van der Waals surface area contributed by atoms with Crippen molar-refractivity contribution in [2.24, 2.45) is 0 Å². The van der Waals surface area contributed by atoms with Crippen molar-refractivity contribution in [2.75, 3.05) is 19.0 Å². The SMILES string of the molecule is COc1c(Nc2cc(Cl)nc3c2nc(C(F)F)n3C2CCCCO2)cccc1-n1cnc(C)n1. The molecule has 1 aliphatic heterocycles. The van der Waals surface area contributed by atoms with Crippen molar-refractivity contribution in [1.82, 2.24) is 29.3 Å². The van der Waals surface area contributed by atoms with Gasteiger partial charge < -0.3 is 14.8 Å². The van der Waals surface area contributed by atoms with Gasteiger partial charge in [0.1, 0.15) is 34.7 Å². The average molecular weight is 490 g/mol. The third kappa shape index (κ3) is 4.05. The Balaban J connectivity index is 1.63. The van der Waals surface area contributed by atoms with Crippen LogP contribution in [-0.4, -0.2) is 43.0 Å². The minimum absolute atomic E-state index is 0.134. The van der Waals surface area contributed by atoms with Crippen molar-refractivity contribution in [3.05, 3.63) is 47.4 Å². The van der Waals surface area contributed by atoms with Crippen LogP contribution in [0.5, 0.6) is 5.75 Å². The van der Waals surface area contributed by atoms with Gasteiger partial charge in [0.05, 0.1) is 18.5 Å². The number of para-hydroxylation sites is 1. The van der Waals surface area contributed by atoms with Crippen LogP contribution < -0.4 is 10.1 Å². The zero-order valence-electron chi connectivity index (χ0n) is 18.5. The van der Waals surface area contributed by atoms with Crippen LogP contribution in [0.3, 0.4) is 0 Å². The number of alkyl halides is 2. The lowest BCUT2D eigenvalue weighted by Crippen LogP contribution is -2.20. The molecular formula is C22H22ClF2N7O2. The number of anilines is 2. The van der Waals surface area contributed by atoms with E-state index in [-0.39, 0.29) is 16.3 Å². The van der Waals surface area contributed by atoms with Crippen LogP contribution in [0, 0.1) is 6.92 Å². The van der Waals surface area contributed by atoms with Crippen molar-refractivity contribution < 1.29 is 18.3 Å². The molecule has 0 spiro atoms. The van der Waals surface area contributed by atoms with Gasteiger partial charge >= 0.3 is 0 Å². The molecule has 0 bridgehead atoms. The van der Waals surface area contributed by atoms with Crippen molar-refractivity contribution in [3.8, 4) is 11.4 Å². The molecule has 9 nitrogen and oxygen atoms in total. The first-order valence-corrected chi connectivity index (χ1v) is 11.1. The molecule has 0 amide bonds. The van der Waals surface area contributed by atoms with Crippen LogP contribution in [0.4, 0.5) is 20.2 Å². The molecular weight excluding hydrogens is 468 g/mol. The maximum absolute atomic E-state index is 14.0. The maximum atomic E-state index is 14.0. The summed E-state index contributed by atoms with van der Waals surface area (Å²) in [5, 5.41) is 7.71. The Labute approximate surface area is 198 Å². The highest BCUT2D eigenvalue weighted by Crippen LogP contribution is 2.38. The highest BCUT2D eigenvalue weighted by atomic mass is 35.5. The summed E-state index contributed by atoms with van der Waals surface area (Å²) >= 11 is 6.32. The number of ether oxygens (including phenoxy) is 2. The Morgan fingerprint density at radius 2 is 2.09 bits per heavy atom. The predicted molar refractivity (Wildman–Crippen MR) is 122 cm³/mol. The summed E-state index contributed by atoms with van der Waals surface area (Å²) in [5.74, 6) is 0.689. The number of fused-ring (bicyclic) bond motifs is 1. The number of aryl methyl sites for hydroxylation is 1. The molecule has 34 heavy (non-hydrogen) atoms. The van der Waals surface area contributed by atoms with E-state index in [2.05, 4.69) is 25.4 Å². The quantitative estimate of drug-likeness (QED) is 0.364. The highest BCUT2D eigenvalue weighted by Gasteiger charge is 2.29. The number of nitrogens with one attached hydrogen (secondary N) is 1. The number of aromatic nitrogens is 6. The predicted octanol–water partition coefficient (Wildman–Crippen LogP) is 5.36. The number of rotatable bonds is 6. The van der Waals surface area contributed by atoms with Crippen molar-refractivity contribution in [1.29, 1.82) is 0 Å². The summed E-state index contributed by atoms with van der Waals surface area (Å²) in [6.45, 7) is 2.28. The summed E-state index contributed by atoms with van der Waals surface area (Å²) in [6, 6.07) is 6.99. The van der Waals surface area contributed by atoms with Gasteiger partial charge in [-0.25, -0.2) is 28.4 Å². The molecule has 0 aliphatic carbocycles. The Morgan fingerprint density at radius 1 is 1.24 bits per heavy atom. The van der Waals surface area contributed by atoms with E-state index in [0.717, 1.165) is 12.8 Å². The number of pyridine rings is 1. The number of halogens is 3. The second-order valence-electron chi connectivity index (χ2n) is 7.85. The molecule has 5 rings (SSSR count). The van der Waals surface area contributed by atoms with E-state index >= 15 is 0 Å². The number of methoxy groups -OCH3 is 1. The molecule has 1 saturated heterocycles. The fourth-order valence-corrected chi connectivity index (χ4v) is 4.32. The summed E-state index contributed by atoms with van der Waals surface area (Å²) in [7, 11) is 1.53. The first kappa shape index (κ1) is 22.5. The molecule has 1 N–H and O–H groups in total. The molecule has 1 unspecified atom stereocenters. The minimum Gasteiger partial charge on any atom is -0.492 e.